The van der Waals surface area contributed by atoms with E-state index in [0.717, 1.165) is 36.1 Å². The first kappa shape index (κ1) is 24.9. The summed E-state index contributed by atoms with van der Waals surface area (Å²) in [6, 6.07) is 22.0. The highest BCUT2D eigenvalue weighted by Gasteiger charge is 2.30. The van der Waals surface area contributed by atoms with Crippen LogP contribution in [-0.4, -0.2) is 6.36 Å². The van der Waals surface area contributed by atoms with Gasteiger partial charge in [0.15, 0.2) is 0 Å². The molecule has 0 saturated heterocycles. The molecule has 0 atom stereocenters. The third-order valence-electron chi connectivity index (χ3n) is 5.51. The van der Waals surface area contributed by atoms with Gasteiger partial charge < -0.3 is 4.74 Å². The SMILES string of the molecule is CCCCc1ccc(C#Cc2ccc3c(F)c(C#Cc4ccc(OC(F)(F)F)cc4)ccc3c2)cc1. The second-order valence-electron chi connectivity index (χ2n) is 8.24. The summed E-state index contributed by atoms with van der Waals surface area (Å²) in [6.07, 6.45) is -1.36. The molecule has 0 aliphatic heterocycles. The number of aryl methyl sites for hydroxylation is 1. The summed E-state index contributed by atoms with van der Waals surface area (Å²) in [7, 11) is 0. The van der Waals surface area contributed by atoms with Crippen molar-refractivity contribution in [1.29, 1.82) is 0 Å². The van der Waals surface area contributed by atoms with Crippen molar-refractivity contribution in [3.05, 3.63) is 112 Å². The van der Waals surface area contributed by atoms with Crippen molar-refractivity contribution in [1.82, 2.24) is 0 Å². The van der Waals surface area contributed by atoms with E-state index in [-0.39, 0.29) is 11.3 Å². The van der Waals surface area contributed by atoms with Crippen LogP contribution in [0.3, 0.4) is 0 Å². The van der Waals surface area contributed by atoms with Crippen LogP contribution in [0.1, 0.15) is 47.6 Å². The Morgan fingerprint density at radius 2 is 1.33 bits per heavy atom. The van der Waals surface area contributed by atoms with Gasteiger partial charge in [-0.15, -0.1) is 13.2 Å². The first-order chi connectivity index (χ1) is 17.3. The van der Waals surface area contributed by atoms with E-state index in [1.54, 1.807) is 24.3 Å². The molecular formula is C31H22F4O. The molecule has 5 heteroatoms. The minimum absolute atomic E-state index is 0.195. The predicted molar refractivity (Wildman–Crippen MR) is 134 cm³/mol. The van der Waals surface area contributed by atoms with Gasteiger partial charge in [-0.25, -0.2) is 4.39 Å². The molecule has 0 heterocycles. The van der Waals surface area contributed by atoms with E-state index in [2.05, 4.69) is 47.5 Å². The number of fused-ring (bicyclic) bond motifs is 1. The quantitative estimate of drug-likeness (QED) is 0.210. The first-order valence-corrected chi connectivity index (χ1v) is 11.5. The smallest absolute Gasteiger partial charge is 0.406 e. The molecule has 1 nitrogen and oxygen atoms in total. The van der Waals surface area contributed by atoms with E-state index in [9.17, 15) is 13.2 Å². The molecule has 0 spiro atoms. The molecule has 0 aliphatic carbocycles. The number of unbranched alkanes of at least 4 members (excludes halogenated alkanes) is 1. The van der Waals surface area contributed by atoms with E-state index in [0.29, 0.717) is 16.3 Å². The standard InChI is InChI=1S/C31H22F4O/c1-2-3-4-22-5-7-23(8-6-22)9-10-25-14-20-29-27(21-25)17-16-26(30(29)32)15-11-24-12-18-28(19-13-24)36-31(33,34)35/h5-8,12-14,16-21H,2-4H2,1H3. The highest BCUT2D eigenvalue weighted by atomic mass is 19.4. The Morgan fingerprint density at radius 1 is 0.722 bits per heavy atom. The third-order valence-corrected chi connectivity index (χ3v) is 5.51. The molecule has 4 aromatic carbocycles. The average molecular weight is 487 g/mol. The summed E-state index contributed by atoms with van der Waals surface area (Å²) < 4.78 is 55.7. The molecule has 0 N–H and O–H groups in total. The Kier molecular flexibility index (Phi) is 7.62. The number of alkyl halides is 3. The predicted octanol–water partition coefficient (Wildman–Crippen LogP) is 8.02. The summed E-state index contributed by atoms with van der Waals surface area (Å²) in [5.74, 6) is 11.0. The Hall–Kier alpha value is -4.22. The van der Waals surface area contributed by atoms with Gasteiger partial charge in [0.1, 0.15) is 11.6 Å². The zero-order valence-electron chi connectivity index (χ0n) is 19.5. The highest BCUT2D eigenvalue weighted by Crippen LogP contribution is 2.24. The molecule has 0 aliphatic rings. The van der Waals surface area contributed by atoms with Crippen molar-refractivity contribution in [2.45, 2.75) is 32.5 Å². The molecule has 0 aromatic heterocycles. The van der Waals surface area contributed by atoms with Crippen molar-refractivity contribution in [3.8, 4) is 29.4 Å². The lowest BCUT2D eigenvalue weighted by Gasteiger charge is -2.08. The second kappa shape index (κ2) is 11.0. The van der Waals surface area contributed by atoms with Crippen LogP contribution in [0.4, 0.5) is 17.6 Å². The number of ether oxygens (including phenoxy) is 1. The third kappa shape index (κ3) is 6.68. The van der Waals surface area contributed by atoms with Gasteiger partial charge in [-0.1, -0.05) is 61.3 Å². The summed E-state index contributed by atoms with van der Waals surface area (Å²) in [6.45, 7) is 2.17. The van der Waals surface area contributed by atoms with E-state index in [1.165, 1.54) is 24.1 Å². The summed E-state index contributed by atoms with van der Waals surface area (Å²) >= 11 is 0. The summed E-state index contributed by atoms with van der Waals surface area (Å²) in [5.41, 5.74) is 3.63. The van der Waals surface area contributed by atoms with Crippen LogP contribution in [0.25, 0.3) is 10.8 Å². The van der Waals surface area contributed by atoms with Crippen LogP contribution in [0.5, 0.6) is 5.75 Å². The number of halogens is 4. The maximum absolute atomic E-state index is 15.0. The largest absolute Gasteiger partial charge is 0.573 e. The van der Waals surface area contributed by atoms with Crippen LogP contribution in [0, 0.1) is 29.5 Å². The Bertz CT molecular complexity index is 1480. The van der Waals surface area contributed by atoms with Crippen LogP contribution in [-0.2, 0) is 6.42 Å². The molecule has 0 amide bonds. The minimum atomic E-state index is -4.76. The van der Waals surface area contributed by atoms with Crippen LogP contribution >= 0.6 is 0 Å². The first-order valence-electron chi connectivity index (χ1n) is 11.5. The minimum Gasteiger partial charge on any atom is -0.406 e. The van der Waals surface area contributed by atoms with Crippen molar-refractivity contribution >= 4 is 10.8 Å². The number of hydrogen-bond acceptors (Lipinski definition) is 1. The lowest BCUT2D eigenvalue weighted by Crippen LogP contribution is -2.16. The molecular weight excluding hydrogens is 464 g/mol. The molecule has 0 bridgehead atoms. The molecule has 4 aromatic rings. The highest BCUT2D eigenvalue weighted by molar-refractivity contribution is 5.86. The van der Waals surface area contributed by atoms with E-state index in [1.807, 2.05) is 18.2 Å². The van der Waals surface area contributed by atoms with E-state index in [4.69, 9.17) is 0 Å². The van der Waals surface area contributed by atoms with Crippen LogP contribution in [0.2, 0.25) is 0 Å². The number of benzene rings is 4. The lowest BCUT2D eigenvalue weighted by molar-refractivity contribution is -0.274. The molecule has 0 radical (unpaired) electrons. The van der Waals surface area contributed by atoms with Crippen molar-refractivity contribution in [2.24, 2.45) is 0 Å². The van der Waals surface area contributed by atoms with E-state index < -0.39 is 12.2 Å². The zero-order chi connectivity index (χ0) is 25.5. The fourth-order valence-corrected chi connectivity index (χ4v) is 3.63. The molecule has 0 fully saturated rings. The van der Waals surface area contributed by atoms with Gasteiger partial charge in [0.25, 0.3) is 0 Å². The van der Waals surface area contributed by atoms with Gasteiger partial charge in [0.05, 0.1) is 5.56 Å². The van der Waals surface area contributed by atoms with Crippen LogP contribution < -0.4 is 4.74 Å². The van der Waals surface area contributed by atoms with Crippen molar-refractivity contribution < 1.29 is 22.3 Å². The topological polar surface area (TPSA) is 9.23 Å². The fourth-order valence-electron chi connectivity index (χ4n) is 3.63. The fraction of sp³-hybridized carbons (Fsp3) is 0.161. The Balaban J connectivity index is 1.50. The molecule has 0 unspecified atom stereocenters. The van der Waals surface area contributed by atoms with Crippen LogP contribution in [0.15, 0.2) is 78.9 Å². The van der Waals surface area contributed by atoms with Gasteiger partial charge in [-0.3, -0.25) is 0 Å². The monoisotopic (exact) mass is 486 g/mol. The number of hydrogen-bond donors (Lipinski definition) is 0. The normalized spacial score (nSPS) is 10.8. The van der Waals surface area contributed by atoms with Gasteiger partial charge in [0, 0.05) is 22.1 Å². The van der Waals surface area contributed by atoms with Crippen molar-refractivity contribution in [3.63, 3.8) is 0 Å². The van der Waals surface area contributed by atoms with Gasteiger partial charge in [0.2, 0.25) is 0 Å². The summed E-state index contributed by atoms with van der Waals surface area (Å²) in [5, 5.41) is 1.12. The second-order valence-corrected chi connectivity index (χ2v) is 8.24. The molecule has 180 valence electrons. The lowest BCUT2D eigenvalue weighted by atomic mass is 10.0. The zero-order valence-corrected chi connectivity index (χ0v) is 19.5. The molecule has 36 heavy (non-hydrogen) atoms. The maximum atomic E-state index is 15.0. The molecule has 0 saturated carbocycles. The van der Waals surface area contributed by atoms with Gasteiger partial charge >= 0.3 is 6.36 Å². The Morgan fingerprint density at radius 3 is 2.00 bits per heavy atom. The average Bonchev–Trinajstić information content (AvgIpc) is 2.86. The summed E-state index contributed by atoms with van der Waals surface area (Å²) in [4.78, 5) is 0. The maximum Gasteiger partial charge on any atom is 0.573 e. The van der Waals surface area contributed by atoms with Gasteiger partial charge in [-0.2, -0.15) is 0 Å². The molecule has 4 rings (SSSR count). The van der Waals surface area contributed by atoms with Crippen molar-refractivity contribution in [2.75, 3.05) is 0 Å². The number of rotatable bonds is 4. The van der Waals surface area contributed by atoms with E-state index >= 15 is 4.39 Å². The Labute approximate surface area is 207 Å². The van der Waals surface area contributed by atoms with Gasteiger partial charge in [-0.05, 0) is 78.4 Å².